The van der Waals surface area contributed by atoms with Gasteiger partial charge in [-0.1, -0.05) is 42.3 Å². The number of nitrogens with zero attached hydrogens (tertiary/aromatic N) is 5. The lowest BCUT2D eigenvalue weighted by molar-refractivity contribution is 0.0739. The van der Waals surface area contributed by atoms with Gasteiger partial charge in [-0.05, 0) is 81.5 Å². The van der Waals surface area contributed by atoms with Crippen molar-refractivity contribution in [2.75, 3.05) is 26.7 Å². The number of ether oxygens (including phenoxy) is 1. The van der Waals surface area contributed by atoms with Crippen LogP contribution in [0, 0.1) is 23.1 Å². The Morgan fingerprint density at radius 2 is 2.00 bits per heavy atom. The van der Waals surface area contributed by atoms with E-state index in [1.54, 1.807) is 49.2 Å². The minimum absolute atomic E-state index is 0.0144. The van der Waals surface area contributed by atoms with Crippen molar-refractivity contribution < 1.29 is 19.0 Å². The molecule has 264 valence electrons. The summed E-state index contributed by atoms with van der Waals surface area (Å²) in [7, 11) is 1.39. The van der Waals surface area contributed by atoms with Crippen molar-refractivity contribution in [3.8, 4) is 28.5 Å². The molecule has 0 saturated carbocycles. The number of benzene rings is 2. The molecule has 2 aliphatic heterocycles. The first kappa shape index (κ1) is 35.1. The van der Waals surface area contributed by atoms with E-state index in [-0.39, 0.29) is 52.0 Å². The molecule has 0 spiro atoms. The molecule has 51 heavy (non-hydrogen) atoms. The van der Waals surface area contributed by atoms with E-state index in [0.29, 0.717) is 46.6 Å². The number of fused-ring (bicyclic) bond motifs is 3. The molecule has 2 aliphatic rings. The molecule has 12 heteroatoms. The van der Waals surface area contributed by atoms with Gasteiger partial charge in [0.15, 0.2) is 5.82 Å². The minimum Gasteiger partial charge on any atom is -0.453 e. The predicted octanol–water partition coefficient (Wildman–Crippen LogP) is 8.73. The van der Waals surface area contributed by atoms with Crippen molar-refractivity contribution >= 4 is 51.1 Å². The molecule has 2 fully saturated rings. The fourth-order valence-electron chi connectivity index (χ4n) is 7.81. The summed E-state index contributed by atoms with van der Waals surface area (Å²) in [6.45, 7) is 7.57. The van der Waals surface area contributed by atoms with E-state index in [0.717, 1.165) is 36.0 Å². The van der Waals surface area contributed by atoms with Crippen LogP contribution in [0.3, 0.4) is 0 Å². The monoisotopic (exact) mass is 728 g/mol. The summed E-state index contributed by atoms with van der Waals surface area (Å²) < 4.78 is 25.0. The Morgan fingerprint density at radius 1 is 1.20 bits per heavy atom. The van der Waals surface area contributed by atoms with Crippen LogP contribution < -0.4 is 5.32 Å². The average molecular weight is 730 g/mol. The second-order valence-electron chi connectivity index (χ2n) is 14.1. The molecule has 0 bridgehead atoms. The average Bonchev–Trinajstić information content (AvgIpc) is 3.86. The highest BCUT2D eigenvalue weighted by Crippen LogP contribution is 2.46. The molecule has 3 aromatic heterocycles. The standard InChI is InChI=1S/C39H39Cl2FN6O3/c1-21-18-44-20-30(21)48-29(28-11-7-15-47(28)38(49)51-4)17-26-35(23-12-13-31(45-19-23)39(2,3)50)46-36-25(37(26)48)16-22(8-6-14-43)32(34(36)42)24-9-5-10-27(40)33(24)41/h5,9-10,12-13,16-17,19,21,28,30,44,50H,6-8,11,15,18,20H2,1-4H3/t21-,28-,30-/m1/s1. The maximum Gasteiger partial charge on any atom is 0.410 e. The van der Waals surface area contributed by atoms with Crippen LogP contribution in [-0.4, -0.2) is 57.4 Å². The zero-order valence-electron chi connectivity index (χ0n) is 28.9. The number of nitrogens with one attached hydrogen (secondary N) is 1. The highest BCUT2D eigenvalue weighted by molar-refractivity contribution is 6.43. The zero-order valence-corrected chi connectivity index (χ0v) is 30.4. The van der Waals surface area contributed by atoms with Crippen LogP contribution in [0.4, 0.5) is 9.18 Å². The fraction of sp³-hybridized carbons (Fsp3) is 0.385. The van der Waals surface area contributed by atoms with Crippen LogP contribution in [-0.2, 0) is 16.8 Å². The van der Waals surface area contributed by atoms with E-state index in [2.05, 4.69) is 33.9 Å². The van der Waals surface area contributed by atoms with Gasteiger partial charge in [0.05, 0.1) is 52.2 Å². The van der Waals surface area contributed by atoms with E-state index in [4.69, 9.17) is 32.9 Å². The third-order valence-electron chi connectivity index (χ3n) is 10.3. The van der Waals surface area contributed by atoms with Gasteiger partial charge in [0.1, 0.15) is 11.1 Å². The summed E-state index contributed by atoms with van der Waals surface area (Å²) >= 11 is 13.2. The highest BCUT2D eigenvalue weighted by atomic mass is 35.5. The number of amides is 1. The van der Waals surface area contributed by atoms with Gasteiger partial charge >= 0.3 is 6.09 Å². The number of pyridine rings is 2. The molecular weight excluding hydrogens is 690 g/mol. The van der Waals surface area contributed by atoms with Gasteiger partial charge in [0.2, 0.25) is 0 Å². The van der Waals surface area contributed by atoms with Crippen LogP contribution >= 0.6 is 23.2 Å². The number of likely N-dealkylation sites (tertiary alicyclic amines) is 1. The summed E-state index contributed by atoms with van der Waals surface area (Å²) in [5.74, 6) is -0.350. The van der Waals surface area contributed by atoms with Gasteiger partial charge in [0.25, 0.3) is 0 Å². The summed E-state index contributed by atoms with van der Waals surface area (Å²) in [6, 6.07) is 14.6. The molecule has 2 aromatic carbocycles. The van der Waals surface area contributed by atoms with Gasteiger partial charge in [-0.15, -0.1) is 0 Å². The van der Waals surface area contributed by atoms with E-state index in [9.17, 15) is 15.2 Å². The Morgan fingerprint density at radius 3 is 2.67 bits per heavy atom. The number of aryl methyl sites for hydroxylation is 1. The molecule has 9 nitrogen and oxygen atoms in total. The van der Waals surface area contributed by atoms with Crippen molar-refractivity contribution in [2.45, 2.75) is 64.1 Å². The Balaban J connectivity index is 1.63. The number of nitriles is 1. The van der Waals surface area contributed by atoms with E-state index in [1.807, 2.05) is 12.1 Å². The maximum absolute atomic E-state index is 17.5. The van der Waals surface area contributed by atoms with Crippen LogP contribution in [0.2, 0.25) is 10.0 Å². The third-order valence-corrected chi connectivity index (χ3v) is 11.1. The summed E-state index contributed by atoms with van der Waals surface area (Å²) in [4.78, 5) is 24.5. The third kappa shape index (κ3) is 6.10. The Labute approximate surface area is 306 Å². The predicted molar refractivity (Wildman–Crippen MR) is 197 cm³/mol. The molecule has 3 atom stereocenters. The van der Waals surface area contributed by atoms with Crippen molar-refractivity contribution in [1.82, 2.24) is 24.8 Å². The molecular formula is C39H39Cl2FN6O3. The topological polar surface area (TPSA) is 116 Å². The lowest BCUT2D eigenvalue weighted by atomic mass is 9.92. The normalized spacial score (nSPS) is 19.3. The number of aliphatic hydroxyl groups is 1. The molecule has 2 N–H and O–H groups in total. The van der Waals surface area contributed by atoms with Gasteiger partial charge in [-0.3, -0.25) is 9.88 Å². The smallest absolute Gasteiger partial charge is 0.410 e. The van der Waals surface area contributed by atoms with E-state index >= 15 is 4.39 Å². The lowest BCUT2D eigenvalue weighted by Crippen LogP contribution is -2.32. The Bertz CT molecular complexity index is 2210. The molecule has 5 aromatic rings. The van der Waals surface area contributed by atoms with Crippen molar-refractivity contribution in [3.05, 3.63) is 81.5 Å². The van der Waals surface area contributed by atoms with Crippen molar-refractivity contribution in [2.24, 2.45) is 5.92 Å². The first-order valence-electron chi connectivity index (χ1n) is 17.2. The van der Waals surface area contributed by atoms with Crippen LogP contribution in [0.5, 0.6) is 0 Å². The largest absolute Gasteiger partial charge is 0.453 e. The quantitative estimate of drug-likeness (QED) is 0.172. The number of carbonyl (C=O) groups is 1. The molecule has 0 unspecified atom stereocenters. The zero-order chi connectivity index (χ0) is 36.2. The molecule has 5 heterocycles. The first-order chi connectivity index (χ1) is 24.4. The summed E-state index contributed by atoms with van der Waals surface area (Å²) in [5.41, 5.74) is 3.60. The molecule has 0 radical (unpaired) electrons. The van der Waals surface area contributed by atoms with Crippen LogP contribution in [0.15, 0.2) is 48.7 Å². The van der Waals surface area contributed by atoms with Crippen LogP contribution in [0.1, 0.15) is 69.1 Å². The summed E-state index contributed by atoms with van der Waals surface area (Å²) in [5, 5.41) is 25.7. The number of hydrogen-bond donors (Lipinski definition) is 2. The minimum atomic E-state index is -1.16. The van der Waals surface area contributed by atoms with Crippen molar-refractivity contribution in [3.63, 3.8) is 0 Å². The number of hydrogen-bond acceptors (Lipinski definition) is 7. The maximum atomic E-state index is 17.5. The second-order valence-corrected chi connectivity index (χ2v) is 14.8. The molecule has 2 saturated heterocycles. The number of halogens is 3. The molecule has 1 amide bonds. The Kier molecular flexibility index (Phi) is 9.44. The van der Waals surface area contributed by atoms with Gasteiger partial charge in [0, 0.05) is 58.9 Å². The molecule has 0 aliphatic carbocycles. The number of aromatic nitrogens is 3. The van der Waals surface area contributed by atoms with Gasteiger partial charge in [-0.2, -0.15) is 5.26 Å². The fourth-order valence-corrected chi connectivity index (χ4v) is 8.21. The van der Waals surface area contributed by atoms with Gasteiger partial charge in [-0.25, -0.2) is 14.2 Å². The van der Waals surface area contributed by atoms with Crippen molar-refractivity contribution in [1.29, 1.82) is 5.26 Å². The molecule has 7 rings (SSSR count). The second kappa shape index (κ2) is 13.7. The first-order valence-corrected chi connectivity index (χ1v) is 18.0. The van der Waals surface area contributed by atoms with E-state index < -0.39 is 17.5 Å². The van der Waals surface area contributed by atoms with Gasteiger partial charge < -0.3 is 19.7 Å². The number of carbonyl (C=O) groups excluding carboxylic acids is 1. The number of methoxy groups -OCH3 is 1. The number of rotatable bonds is 7. The highest BCUT2D eigenvalue weighted by Gasteiger charge is 2.38. The SMILES string of the molecule is COC(=O)N1CCC[C@@H]1c1cc2c(-c3ccc(C(C)(C)O)nc3)nc3c(F)c(-c4cccc(Cl)c4Cl)c(CCC#N)cc3c2n1[C@@H]1CNC[C@H]1C. The Hall–Kier alpha value is -4.27. The van der Waals surface area contributed by atoms with Crippen LogP contribution in [0.25, 0.3) is 44.2 Å². The van der Waals surface area contributed by atoms with E-state index in [1.165, 1.54) is 7.11 Å². The summed E-state index contributed by atoms with van der Waals surface area (Å²) in [6.07, 6.45) is 3.25. The lowest BCUT2D eigenvalue weighted by Gasteiger charge is -2.29.